The molecule has 0 saturated heterocycles. The third-order valence-corrected chi connectivity index (χ3v) is 5.38. The van der Waals surface area contributed by atoms with Crippen LogP contribution in [0.15, 0.2) is 16.5 Å². The molecule has 5 nitrogen and oxygen atoms in total. The number of carbonyl (C=O) groups excluding carboxylic acids is 1. The van der Waals surface area contributed by atoms with E-state index in [4.69, 9.17) is 4.42 Å². The summed E-state index contributed by atoms with van der Waals surface area (Å²) < 4.78 is 31.6. The zero-order valence-electron chi connectivity index (χ0n) is 12.5. The quantitative estimate of drug-likeness (QED) is 0.839. The van der Waals surface area contributed by atoms with E-state index in [9.17, 15) is 13.2 Å². The van der Waals surface area contributed by atoms with E-state index < -0.39 is 21.2 Å². The lowest BCUT2D eigenvalue weighted by atomic mass is 10.1. The highest BCUT2D eigenvalue weighted by Crippen LogP contribution is 2.15. The van der Waals surface area contributed by atoms with Crippen LogP contribution in [0, 0.1) is 12.8 Å². The fourth-order valence-electron chi connectivity index (χ4n) is 2.19. The van der Waals surface area contributed by atoms with E-state index in [2.05, 4.69) is 4.72 Å². The maximum absolute atomic E-state index is 12.1. The van der Waals surface area contributed by atoms with Crippen molar-refractivity contribution in [3.05, 3.63) is 23.7 Å². The highest BCUT2D eigenvalue weighted by atomic mass is 32.2. The summed E-state index contributed by atoms with van der Waals surface area (Å²) in [6.45, 7) is 7.30. The van der Waals surface area contributed by atoms with Crippen LogP contribution in [-0.4, -0.2) is 19.6 Å². The Kier molecular flexibility index (Phi) is 5.80. The minimum Gasteiger partial charge on any atom is -0.466 e. The number of sulfonamides is 1. The van der Waals surface area contributed by atoms with Gasteiger partial charge in [-0.3, -0.25) is 9.52 Å². The molecule has 0 spiro atoms. The predicted octanol–water partition coefficient (Wildman–Crippen LogP) is 2.40. The summed E-state index contributed by atoms with van der Waals surface area (Å²) in [5.41, 5.74) is 0. The van der Waals surface area contributed by atoms with Crippen LogP contribution in [0.3, 0.4) is 0 Å². The smallest absolute Gasteiger partial charge is 0.238 e. The SMILES string of the molecule is CCC(C(C)C)S(=O)(=O)NC(=O)CCc1ccc(C)o1. The fraction of sp³-hybridized carbons (Fsp3) is 0.643. The highest BCUT2D eigenvalue weighted by Gasteiger charge is 2.28. The molecular formula is C14H23NO4S. The molecule has 1 atom stereocenters. The second-order valence-electron chi connectivity index (χ2n) is 5.27. The van der Waals surface area contributed by atoms with Crippen molar-refractivity contribution in [1.29, 1.82) is 0 Å². The molecule has 1 unspecified atom stereocenters. The third-order valence-electron chi connectivity index (χ3n) is 3.20. The lowest BCUT2D eigenvalue weighted by molar-refractivity contribution is -0.119. The van der Waals surface area contributed by atoms with Gasteiger partial charge in [-0.05, 0) is 31.4 Å². The first-order valence-electron chi connectivity index (χ1n) is 6.86. The summed E-state index contributed by atoms with van der Waals surface area (Å²) in [5, 5.41) is -0.544. The molecule has 0 aliphatic carbocycles. The van der Waals surface area contributed by atoms with Crippen LogP contribution in [0.5, 0.6) is 0 Å². The Labute approximate surface area is 120 Å². The van der Waals surface area contributed by atoms with Crippen molar-refractivity contribution >= 4 is 15.9 Å². The summed E-state index contributed by atoms with van der Waals surface area (Å²) >= 11 is 0. The maximum atomic E-state index is 12.1. The van der Waals surface area contributed by atoms with Crippen LogP contribution in [-0.2, 0) is 21.2 Å². The van der Waals surface area contributed by atoms with E-state index in [0.29, 0.717) is 18.6 Å². The van der Waals surface area contributed by atoms with Crippen molar-refractivity contribution in [2.45, 2.75) is 52.2 Å². The number of carbonyl (C=O) groups is 1. The zero-order chi connectivity index (χ0) is 15.3. The number of nitrogens with one attached hydrogen (secondary N) is 1. The molecule has 1 heterocycles. The van der Waals surface area contributed by atoms with Crippen LogP contribution in [0.4, 0.5) is 0 Å². The van der Waals surface area contributed by atoms with Crippen LogP contribution >= 0.6 is 0 Å². The third kappa shape index (κ3) is 4.67. The summed E-state index contributed by atoms with van der Waals surface area (Å²) in [5.74, 6) is 0.945. The van der Waals surface area contributed by atoms with Crippen molar-refractivity contribution in [3.8, 4) is 0 Å². The van der Waals surface area contributed by atoms with E-state index >= 15 is 0 Å². The average Bonchev–Trinajstić information content (AvgIpc) is 2.71. The average molecular weight is 301 g/mol. The van der Waals surface area contributed by atoms with Gasteiger partial charge in [0.1, 0.15) is 11.5 Å². The second-order valence-corrected chi connectivity index (χ2v) is 7.17. The van der Waals surface area contributed by atoms with Gasteiger partial charge >= 0.3 is 0 Å². The molecule has 1 rings (SSSR count). The lowest BCUT2D eigenvalue weighted by Crippen LogP contribution is -2.40. The molecule has 6 heteroatoms. The summed E-state index contributed by atoms with van der Waals surface area (Å²) in [6.07, 6.45) is 0.978. The molecule has 0 saturated carbocycles. The Balaban J connectivity index is 2.57. The normalized spacial score (nSPS) is 13.4. The van der Waals surface area contributed by atoms with Crippen LogP contribution in [0.2, 0.25) is 0 Å². The molecule has 1 aromatic heterocycles. The van der Waals surface area contributed by atoms with E-state index in [1.54, 1.807) is 13.0 Å². The Hall–Kier alpha value is -1.30. The molecule has 20 heavy (non-hydrogen) atoms. The van der Waals surface area contributed by atoms with Gasteiger partial charge in [0.25, 0.3) is 0 Å². The van der Waals surface area contributed by atoms with Gasteiger partial charge in [0.2, 0.25) is 15.9 Å². The van der Waals surface area contributed by atoms with Gasteiger partial charge in [-0.25, -0.2) is 8.42 Å². The van der Waals surface area contributed by atoms with E-state index in [0.717, 1.165) is 5.76 Å². The predicted molar refractivity (Wildman–Crippen MR) is 77.7 cm³/mol. The first-order chi connectivity index (χ1) is 9.26. The number of hydrogen-bond donors (Lipinski definition) is 1. The maximum Gasteiger partial charge on any atom is 0.238 e. The standard InChI is InChI=1S/C14H23NO4S/c1-5-13(10(2)3)20(17,18)15-14(16)9-8-12-7-6-11(4)19-12/h6-7,10,13H,5,8-9H2,1-4H3,(H,15,16). The molecule has 0 aliphatic heterocycles. The summed E-state index contributed by atoms with van der Waals surface area (Å²) in [4.78, 5) is 11.7. The number of hydrogen-bond acceptors (Lipinski definition) is 4. The minimum absolute atomic E-state index is 0.0296. The second kappa shape index (κ2) is 6.92. The molecule has 0 aliphatic rings. The molecule has 1 N–H and O–H groups in total. The van der Waals surface area contributed by atoms with Gasteiger partial charge in [-0.2, -0.15) is 0 Å². The van der Waals surface area contributed by atoms with Crippen LogP contribution in [0.1, 0.15) is 45.1 Å². The Morgan fingerprint density at radius 2 is 2.00 bits per heavy atom. The molecule has 1 amide bonds. The Morgan fingerprint density at radius 1 is 1.35 bits per heavy atom. The molecule has 1 aromatic rings. The zero-order valence-corrected chi connectivity index (χ0v) is 13.3. The lowest BCUT2D eigenvalue weighted by Gasteiger charge is -2.19. The van der Waals surface area contributed by atoms with Gasteiger partial charge in [-0.1, -0.05) is 20.8 Å². The summed E-state index contributed by atoms with van der Waals surface area (Å²) in [7, 11) is -3.60. The fourth-order valence-corrected chi connectivity index (χ4v) is 3.92. The number of amides is 1. The molecule has 0 bridgehead atoms. The van der Waals surface area contributed by atoms with Crippen molar-refractivity contribution in [2.75, 3.05) is 0 Å². The molecule has 114 valence electrons. The largest absolute Gasteiger partial charge is 0.466 e. The first-order valence-corrected chi connectivity index (χ1v) is 8.40. The Morgan fingerprint density at radius 3 is 2.45 bits per heavy atom. The van der Waals surface area contributed by atoms with Crippen LogP contribution in [0.25, 0.3) is 0 Å². The van der Waals surface area contributed by atoms with Crippen molar-refractivity contribution in [3.63, 3.8) is 0 Å². The molecule has 0 fully saturated rings. The number of furan rings is 1. The molecule has 0 aromatic carbocycles. The van der Waals surface area contributed by atoms with Gasteiger partial charge < -0.3 is 4.42 Å². The van der Waals surface area contributed by atoms with Gasteiger partial charge in [0.15, 0.2) is 0 Å². The van der Waals surface area contributed by atoms with E-state index in [1.807, 2.05) is 26.8 Å². The van der Waals surface area contributed by atoms with Gasteiger partial charge in [0.05, 0.1) is 5.25 Å². The van der Waals surface area contributed by atoms with E-state index in [1.165, 1.54) is 0 Å². The van der Waals surface area contributed by atoms with Gasteiger partial charge in [-0.15, -0.1) is 0 Å². The van der Waals surface area contributed by atoms with E-state index in [-0.39, 0.29) is 12.3 Å². The monoisotopic (exact) mass is 301 g/mol. The van der Waals surface area contributed by atoms with Gasteiger partial charge in [0, 0.05) is 12.8 Å². The van der Waals surface area contributed by atoms with Crippen molar-refractivity contribution in [2.24, 2.45) is 5.92 Å². The van der Waals surface area contributed by atoms with Crippen molar-refractivity contribution < 1.29 is 17.6 Å². The number of rotatable bonds is 7. The first kappa shape index (κ1) is 16.8. The van der Waals surface area contributed by atoms with Crippen LogP contribution < -0.4 is 4.72 Å². The summed E-state index contributed by atoms with van der Waals surface area (Å²) in [6, 6.07) is 3.61. The highest BCUT2D eigenvalue weighted by molar-refractivity contribution is 7.90. The van der Waals surface area contributed by atoms with Crippen molar-refractivity contribution in [1.82, 2.24) is 4.72 Å². The molecule has 0 radical (unpaired) electrons. The molecular weight excluding hydrogens is 278 g/mol. The minimum atomic E-state index is -3.60. The topological polar surface area (TPSA) is 76.4 Å². The Bertz CT molecular complexity index is 545. The number of aryl methyl sites for hydroxylation is 2.